The summed E-state index contributed by atoms with van der Waals surface area (Å²) in [5, 5.41) is 10.0. The van der Waals surface area contributed by atoms with Crippen LogP contribution in [0.2, 0.25) is 0 Å². The Morgan fingerprint density at radius 3 is 2.60 bits per heavy atom. The molecule has 3 rings (SSSR count). The molecule has 0 radical (unpaired) electrons. The Balaban J connectivity index is 1.75. The van der Waals surface area contributed by atoms with E-state index in [1.807, 2.05) is 6.92 Å². The van der Waals surface area contributed by atoms with Crippen molar-refractivity contribution in [3.63, 3.8) is 0 Å². The van der Waals surface area contributed by atoms with Crippen molar-refractivity contribution in [3.8, 4) is 0 Å². The predicted octanol–water partition coefficient (Wildman–Crippen LogP) is 1.55. The van der Waals surface area contributed by atoms with E-state index in [1.165, 1.54) is 31.4 Å². The first-order chi connectivity index (χ1) is 14.1. The summed E-state index contributed by atoms with van der Waals surface area (Å²) in [4.78, 5) is 24.1. The maximum absolute atomic E-state index is 13.1. The van der Waals surface area contributed by atoms with Crippen molar-refractivity contribution in [1.29, 1.82) is 0 Å². The Morgan fingerprint density at radius 2 is 1.93 bits per heavy atom. The van der Waals surface area contributed by atoms with Crippen molar-refractivity contribution < 1.29 is 37.0 Å². The first-order valence-corrected chi connectivity index (χ1v) is 10.7. The molecule has 2 heterocycles. The minimum absolute atomic E-state index is 0.0428. The number of nitrogens with zero attached hydrogens (tertiary/aromatic N) is 1. The number of aliphatic hydroxyl groups is 1. The van der Waals surface area contributed by atoms with E-state index in [9.17, 15) is 23.1 Å². The Hall–Kier alpha value is -2.69. The number of methoxy groups -OCH3 is 1. The maximum atomic E-state index is 13.1. The average Bonchev–Trinajstić information content (AvgIpc) is 3.34. The van der Waals surface area contributed by atoms with E-state index in [2.05, 4.69) is 4.74 Å². The zero-order chi connectivity index (χ0) is 22.1. The van der Waals surface area contributed by atoms with Gasteiger partial charge in [-0.25, -0.2) is 13.2 Å². The van der Waals surface area contributed by atoms with Gasteiger partial charge in [0.05, 0.1) is 18.1 Å². The van der Waals surface area contributed by atoms with Crippen LogP contribution in [-0.2, 0) is 30.9 Å². The first kappa shape index (κ1) is 22.0. The number of furan rings is 1. The van der Waals surface area contributed by atoms with E-state index < -0.39 is 34.1 Å². The van der Waals surface area contributed by atoms with E-state index in [1.54, 1.807) is 13.0 Å². The molecule has 2 aromatic rings. The minimum atomic E-state index is -4.01. The van der Waals surface area contributed by atoms with Crippen LogP contribution in [0.4, 0.5) is 0 Å². The lowest BCUT2D eigenvalue weighted by Gasteiger charge is -2.22. The molecule has 9 nitrogen and oxygen atoms in total. The Kier molecular flexibility index (Phi) is 6.30. The number of esters is 2. The van der Waals surface area contributed by atoms with Crippen molar-refractivity contribution >= 4 is 22.0 Å². The van der Waals surface area contributed by atoms with Gasteiger partial charge in [0.1, 0.15) is 18.4 Å². The number of aryl methyl sites for hydroxylation is 2. The Morgan fingerprint density at radius 1 is 1.20 bits per heavy atom. The van der Waals surface area contributed by atoms with E-state index in [4.69, 9.17) is 9.15 Å². The van der Waals surface area contributed by atoms with Crippen LogP contribution in [-0.4, -0.2) is 55.6 Å². The second-order valence-electron chi connectivity index (χ2n) is 7.09. The third-order valence-electron chi connectivity index (χ3n) is 5.00. The fourth-order valence-electron chi connectivity index (χ4n) is 3.18. The number of aliphatic hydroxyl groups excluding tert-OH is 1. The fourth-order valence-corrected chi connectivity index (χ4v) is 4.89. The summed E-state index contributed by atoms with van der Waals surface area (Å²) in [5.74, 6) is -1.32. The Bertz CT molecular complexity index is 1060. The van der Waals surface area contributed by atoms with Crippen molar-refractivity contribution in [1.82, 2.24) is 4.31 Å². The monoisotopic (exact) mass is 437 g/mol. The zero-order valence-corrected chi connectivity index (χ0v) is 17.6. The second kappa shape index (κ2) is 8.58. The van der Waals surface area contributed by atoms with Crippen LogP contribution in [0.3, 0.4) is 0 Å². The van der Waals surface area contributed by atoms with Crippen LogP contribution in [0.25, 0.3) is 0 Å². The lowest BCUT2D eigenvalue weighted by atomic mass is 10.1. The van der Waals surface area contributed by atoms with E-state index in [-0.39, 0.29) is 36.0 Å². The van der Waals surface area contributed by atoms with Crippen LogP contribution in [0.5, 0.6) is 0 Å². The largest absolute Gasteiger partial charge is 0.463 e. The molecule has 0 aliphatic carbocycles. The molecule has 0 spiro atoms. The molecule has 0 bridgehead atoms. The molecular weight excluding hydrogens is 414 g/mol. The number of hydrogen-bond acceptors (Lipinski definition) is 8. The molecule has 0 saturated carbocycles. The molecule has 30 heavy (non-hydrogen) atoms. The van der Waals surface area contributed by atoms with E-state index in [0.29, 0.717) is 0 Å². The highest BCUT2D eigenvalue weighted by Gasteiger charge is 2.44. The van der Waals surface area contributed by atoms with Gasteiger partial charge in [-0.15, -0.1) is 0 Å². The summed E-state index contributed by atoms with van der Waals surface area (Å²) in [6.07, 6.45) is -1.06. The highest BCUT2D eigenvalue weighted by Crippen LogP contribution is 2.28. The summed E-state index contributed by atoms with van der Waals surface area (Å²) >= 11 is 0. The van der Waals surface area contributed by atoms with Crippen LogP contribution < -0.4 is 0 Å². The summed E-state index contributed by atoms with van der Waals surface area (Å²) in [7, 11) is -2.80. The molecule has 1 fully saturated rings. The highest BCUT2D eigenvalue weighted by atomic mass is 32.2. The number of ether oxygens (including phenoxy) is 2. The molecule has 1 aromatic heterocycles. The number of carbonyl (C=O) groups is 2. The SMILES string of the molecule is COC(=O)c1ccc(COC(=O)C2CC(O)CN2S(=O)(=O)c2ccc(C)c(C)c2)o1. The van der Waals surface area contributed by atoms with Gasteiger partial charge in [0.25, 0.3) is 0 Å². The molecular formula is C20H23NO8S. The normalized spacial score (nSPS) is 19.6. The summed E-state index contributed by atoms with van der Waals surface area (Å²) in [6.45, 7) is 3.17. The number of sulfonamides is 1. The van der Waals surface area contributed by atoms with Crippen LogP contribution in [0, 0.1) is 13.8 Å². The number of carbonyl (C=O) groups excluding carboxylic acids is 2. The highest BCUT2D eigenvalue weighted by molar-refractivity contribution is 7.89. The lowest BCUT2D eigenvalue weighted by molar-refractivity contribution is -0.149. The fraction of sp³-hybridized carbons (Fsp3) is 0.400. The molecule has 162 valence electrons. The molecule has 1 aliphatic rings. The number of benzene rings is 1. The third-order valence-corrected chi connectivity index (χ3v) is 6.87. The van der Waals surface area contributed by atoms with Crippen molar-refractivity contribution in [2.75, 3.05) is 13.7 Å². The molecule has 0 amide bonds. The van der Waals surface area contributed by atoms with E-state index in [0.717, 1.165) is 15.4 Å². The molecule has 2 unspecified atom stereocenters. The topological polar surface area (TPSA) is 123 Å². The number of hydrogen-bond donors (Lipinski definition) is 1. The van der Waals surface area contributed by atoms with Gasteiger partial charge in [-0.2, -0.15) is 4.31 Å². The van der Waals surface area contributed by atoms with Gasteiger partial charge in [-0.3, -0.25) is 4.79 Å². The average molecular weight is 437 g/mol. The zero-order valence-electron chi connectivity index (χ0n) is 16.8. The molecule has 10 heteroatoms. The van der Waals surface area contributed by atoms with Gasteiger partial charge in [-0.1, -0.05) is 6.07 Å². The molecule has 2 atom stereocenters. The first-order valence-electron chi connectivity index (χ1n) is 9.24. The van der Waals surface area contributed by atoms with Gasteiger partial charge in [0.15, 0.2) is 0 Å². The summed E-state index contributed by atoms with van der Waals surface area (Å²) < 4.78 is 42.1. The third kappa shape index (κ3) is 4.40. The minimum Gasteiger partial charge on any atom is -0.463 e. The van der Waals surface area contributed by atoms with Gasteiger partial charge in [0.2, 0.25) is 15.8 Å². The van der Waals surface area contributed by atoms with Gasteiger partial charge in [0, 0.05) is 13.0 Å². The summed E-state index contributed by atoms with van der Waals surface area (Å²) in [5.41, 5.74) is 1.74. The van der Waals surface area contributed by atoms with Gasteiger partial charge in [-0.05, 0) is 49.2 Å². The van der Waals surface area contributed by atoms with Crippen LogP contribution in [0.15, 0.2) is 39.6 Å². The molecule has 1 saturated heterocycles. The quantitative estimate of drug-likeness (QED) is 0.675. The number of β-amino-alcohol motifs (C(OH)–C–C–N with tert-alkyl or cyclic N) is 1. The summed E-state index contributed by atoms with van der Waals surface area (Å²) in [6, 6.07) is 6.37. The standard InChI is InChI=1S/C20H23NO8S/c1-12-4-6-16(8-13(12)2)30(25,26)21-10-14(22)9-17(21)19(23)28-11-15-5-7-18(29-15)20(24)27-3/h4-8,14,17,22H,9-11H2,1-3H3. The van der Waals surface area contributed by atoms with Crippen molar-refractivity contribution in [2.45, 2.75) is 43.9 Å². The van der Waals surface area contributed by atoms with E-state index >= 15 is 0 Å². The number of rotatable bonds is 6. The molecule has 1 N–H and O–H groups in total. The van der Waals surface area contributed by atoms with Crippen molar-refractivity contribution in [2.24, 2.45) is 0 Å². The molecule has 1 aromatic carbocycles. The van der Waals surface area contributed by atoms with Crippen LogP contribution >= 0.6 is 0 Å². The van der Waals surface area contributed by atoms with Gasteiger partial charge >= 0.3 is 11.9 Å². The molecule has 1 aliphatic heterocycles. The predicted molar refractivity (Wildman–Crippen MR) is 104 cm³/mol. The smallest absolute Gasteiger partial charge is 0.373 e. The van der Waals surface area contributed by atoms with Gasteiger partial charge < -0.3 is 19.0 Å². The maximum Gasteiger partial charge on any atom is 0.373 e. The Labute approximate surface area is 174 Å². The van der Waals surface area contributed by atoms with Crippen molar-refractivity contribution in [3.05, 3.63) is 53.0 Å². The van der Waals surface area contributed by atoms with Crippen LogP contribution in [0.1, 0.15) is 33.9 Å². The lowest BCUT2D eigenvalue weighted by Crippen LogP contribution is -2.41. The second-order valence-corrected chi connectivity index (χ2v) is 8.98.